The van der Waals surface area contributed by atoms with Gasteiger partial charge in [0.1, 0.15) is 0 Å². The van der Waals surface area contributed by atoms with Crippen LogP contribution >= 0.6 is 0 Å². The van der Waals surface area contributed by atoms with Gasteiger partial charge in [-0.15, -0.1) is 0 Å². The predicted octanol–water partition coefficient (Wildman–Crippen LogP) is 3.51. The largest absolute Gasteiger partial charge is 0.396 e. The summed E-state index contributed by atoms with van der Waals surface area (Å²) in [6.45, 7) is 9.11. The Morgan fingerprint density at radius 3 is 1.80 bits per heavy atom. The maximum Gasteiger partial charge on any atom is 0.0621 e. The van der Waals surface area contributed by atoms with Crippen LogP contribution in [-0.2, 0) is 0 Å². The molecule has 0 aromatic heterocycles. The minimum Gasteiger partial charge on any atom is -0.396 e. The fourth-order valence-corrected chi connectivity index (χ4v) is 1.62. The lowest BCUT2D eigenvalue weighted by Gasteiger charge is -2.30. The average Bonchev–Trinajstić information content (AvgIpc) is 2.12. The second-order valence-corrected chi connectivity index (χ2v) is 5.96. The monoisotopic (exact) mass is 211 g/mol. The van der Waals surface area contributed by atoms with Crippen molar-refractivity contribution in [2.75, 3.05) is 6.61 Å². The lowest BCUT2D eigenvalue weighted by molar-refractivity contribution is 0.173. The molecule has 15 heavy (non-hydrogen) atoms. The summed E-state index contributed by atoms with van der Waals surface area (Å²) in [7, 11) is 0. The fraction of sp³-hybridized carbons (Fsp3) is 0.923. The van der Waals surface area contributed by atoms with Gasteiger partial charge >= 0.3 is 0 Å². The van der Waals surface area contributed by atoms with E-state index in [-0.39, 0.29) is 17.4 Å². The molecule has 0 saturated carbocycles. The van der Waals surface area contributed by atoms with Crippen LogP contribution in [0.3, 0.4) is 0 Å². The van der Waals surface area contributed by atoms with Crippen molar-refractivity contribution in [3.63, 3.8) is 0 Å². The number of hydrogen-bond donors (Lipinski definition) is 1. The van der Waals surface area contributed by atoms with Crippen molar-refractivity contribution in [3.8, 4) is 6.07 Å². The third kappa shape index (κ3) is 7.39. The number of nitrogens with zero attached hydrogens (tertiary/aromatic N) is 1. The summed E-state index contributed by atoms with van der Waals surface area (Å²) in [5.74, 6) is 0. The molecule has 0 aliphatic rings. The molecule has 0 aliphatic carbocycles. The molecular weight excluding hydrogens is 186 g/mol. The van der Waals surface area contributed by atoms with E-state index in [1.54, 1.807) is 0 Å². The zero-order chi connectivity index (χ0) is 11.9. The molecule has 0 heterocycles. The van der Waals surface area contributed by atoms with Crippen LogP contribution in [0.15, 0.2) is 0 Å². The first-order valence-electron chi connectivity index (χ1n) is 5.81. The summed E-state index contributed by atoms with van der Waals surface area (Å²) in [6, 6.07) is 2.21. The smallest absolute Gasteiger partial charge is 0.0621 e. The molecule has 0 bridgehead atoms. The molecule has 0 saturated heterocycles. The van der Waals surface area contributed by atoms with E-state index < -0.39 is 0 Å². The van der Waals surface area contributed by atoms with Crippen molar-refractivity contribution in [1.29, 1.82) is 5.26 Å². The second kappa shape index (κ2) is 6.12. The van der Waals surface area contributed by atoms with Crippen LogP contribution in [0, 0.1) is 22.2 Å². The third-order valence-electron chi connectivity index (χ3n) is 3.18. The van der Waals surface area contributed by atoms with Crippen molar-refractivity contribution in [3.05, 3.63) is 0 Å². The molecule has 1 N–H and O–H groups in total. The maximum atomic E-state index is 8.93. The minimum absolute atomic E-state index is 0.221. The van der Waals surface area contributed by atoms with Crippen molar-refractivity contribution in [2.45, 2.75) is 59.8 Å². The quantitative estimate of drug-likeness (QED) is 0.700. The van der Waals surface area contributed by atoms with Gasteiger partial charge in [-0.3, -0.25) is 0 Å². The number of aliphatic hydroxyl groups excluding tert-OH is 1. The van der Waals surface area contributed by atoms with Crippen molar-refractivity contribution in [1.82, 2.24) is 0 Å². The second-order valence-electron chi connectivity index (χ2n) is 5.96. The van der Waals surface area contributed by atoms with Crippen LogP contribution in [0.5, 0.6) is 0 Å². The standard InChI is InChI=1S/C13H25NO/c1-12(2,6-5-10-14)7-8-13(3,4)9-11-15/h15H,5-9,11H2,1-4H3. The van der Waals surface area contributed by atoms with E-state index >= 15 is 0 Å². The van der Waals surface area contributed by atoms with E-state index in [1.165, 1.54) is 0 Å². The van der Waals surface area contributed by atoms with Crippen LogP contribution in [0.25, 0.3) is 0 Å². The first-order valence-corrected chi connectivity index (χ1v) is 5.81. The zero-order valence-corrected chi connectivity index (χ0v) is 10.6. The van der Waals surface area contributed by atoms with Crippen LogP contribution in [0.2, 0.25) is 0 Å². The van der Waals surface area contributed by atoms with Crippen LogP contribution in [0.1, 0.15) is 59.8 Å². The Bertz CT molecular complexity index is 213. The van der Waals surface area contributed by atoms with Gasteiger partial charge < -0.3 is 5.11 Å². The van der Waals surface area contributed by atoms with Crippen LogP contribution in [0.4, 0.5) is 0 Å². The van der Waals surface area contributed by atoms with Gasteiger partial charge in [0.2, 0.25) is 0 Å². The molecule has 88 valence electrons. The Morgan fingerprint density at radius 1 is 0.933 bits per heavy atom. The van der Waals surface area contributed by atoms with Gasteiger partial charge in [0.15, 0.2) is 0 Å². The molecule has 0 atom stereocenters. The third-order valence-corrected chi connectivity index (χ3v) is 3.18. The summed E-state index contributed by atoms with van der Waals surface area (Å²) < 4.78 is 0. The van der Waals surface area contributed by atoms with E-state index in [4.69, 9.17) is 10.4 Å². The highest BCUT2D eigenvalue weighted by atomic mass is 16.3. The molecule has 0 spiro atoms. The summed E-state index contributed by atoms with van der Waals surface area (Å²) in [6.07, 6.45) is 4.72. The SMILES string of the molecule is CC(C)(CCO)CCC(C)(C)CCC#N. The number of aliphatic hydroxyl groups is 1. The van der Waals surface area contributed by atoms with Gasteiger partial charge in [-0.25, -0.2) is 0 Å². The van der Waals surface area contributed by atoms with Gasteiger partial charge in [0.05, 0.1) is 6.07 Å². The molecule has 0 amide bonds. The topological polar surface area (TPSA) is 44.0 Å². The predicted molar refractivity (Wildman–Crippen MR) is 63.3 cm³/mol. The molecule has 2 heteroatoms. The Balaban J connectivity index is 3.97. The van der Waals surface area contributed by atoms with E-state index in [0.717, 1.165) is 25.7 Å². The summed E-state index contributed by atoms with van der Waals surface area (Å²) in [5.41, 5.74) is 0.473. The molecule has 0 fully saturated rings. The average molecular weight is 211 g/mol. The number of hydrogen-bond acceptors (Lipinski definition) is 2. The molecule has 0 aromatic rings. The Morgan fingerprint density at radius 2 is 1.40 bits per heavy atom. The minimum atomic E-state index is 0.221. The summed E-state index contributed by atoms with van der Waals surface area (Å²) in [4.78, 5) is 0. The molecule has 0 aliphatic heterocycles. The van der Waals surface area contributed by atoms with Gasteiger partial charge in [-0.2, -0.15) is 5.26 Å². The van der Waals surface area contributed by atoms with Crippen molar-refractivity contribution in [2.24, 2.45) is 10.8 Å². The molecule has 0 unspecified atom stereocenters. The van der Waals surface area contributed by atoms with Gasteiger partial charge in [0, 0.05) is 13.0 Å². The zero-order valence-electron chi connectivity index (χ0n) is 10.6. The molecular formula is C13H25NO. The first kappa shape index (κ1) is 14.5. The van der Waals surface area contributed by atoms with E-state index in [0.29, 0.717) is 6.42 Å². The lowest BCUT2D eigenvalue weighted by atomic mass is 9.76. The van der Waals surface area contributed by atoms with Crippen molar-refractivity contribution < 1.29 is 5.11 Å². The molecule has 0 aromatic carbocycles. The van der Waals surface area contributed by atoms with Gasteiger partial charge in [-0.1, -0.05) is 27.7 Å². The Kier molecular flexibility index (Phi) is 5.90. The maximum absolute atomic E-state index is 8.93. The Hall–Kier alpha value is -0.550. The highest BCUT2D eigenvalue weighted by Crippen LogP contribution is 2.35. The normalized spacial score (nSPS) is 12.5. The molecule has 0 rings (SSSR count). The highest BCUT2D eigenvalue weighted by Gasteiger charge is 2.23. The molecule has 0 radical (unpaired) electrons. The lowest BCUT2D eigenvalue weighted by Crippen LogP contribution is -2.19. The van der Waals surface area contributed by atoms with E-state index in [2.05, 4.69) is 33.8 Å². The van der Waals surface area contributed by atoms with Crippen LogP contribution in [-0.4, -0.2) is 11.7 Å². The van der Waals surface area contributed by atoms with Gasteiger partial charge in [0.25, 0.3) is 0 Å². The Labute approximate surface area is 94.3 Å². The summed E-state index contributed by atoms with van der Waals surface area (Å²) in [5, 5.41) is 17.5. The fourth-order valence-electron chi connectivity index (χ4n) is 1.62. The highest BCUT2D eigenvalue weighted by molar-refractivity contribution is 4.79. The number of rotatable bonds is 7. The van der Waals surface area contributed by atoms with E-state index in [1.807, 2.05) is 0 Å². The van der Waals surface area contributed by atoms with Crippen LogP contribution < -0.4 is 0 Å². The molecule has 2 nitrogen and oxygen atoms in total. The van der Waals surface area contributed by atoms with E-state index in [9.17, 15) is 0 Å². The summed E-state index contributed by atoms with van der Waals surface area (Å²) >= 11 is 0. The van der Waals surface area contributed by atoms with Gasteiger partial charge in [-0.05, 0) is 36.5 Å². The number of nitriles is 1. The van der Waals surface area contributed by atoms with Crippen molar-refractivity contribution >= 4 is 0 Å². The first-order chi connectivity index (χ1) is 6.83.